The molecule has 0 bridgehead atoms. The minimum Gasteiger partial charge on any atom is -0.198 e. The first-order chi connectivity index (χ1) is 7.29. The molecule has 0 spiro atoms. The highest BCUT2D eigenvalue weighted by Gasteiger charge is 2.19. The monoisotopic (exact) mass is 203 g/mol. The average molecular weight is 203 g/mol. The molecule has 0 aliphatic rings. The van der Waals surface area contributed by atoms with Crippen molar-refractivity contribution in [3.05, 3.63) is 0 Å². The molecule has 0 radical (unpaired) electrons. The summed E-state index contributed by atoms with van der Waals surface area (Å²) in [6.45, 7) is 2.02. The molecule has 0 saturated carbocycles. The number of nitriles is 3. The molecule has 0 aromatic heterocycles. The summed E-state index contributed by atoms with van der Waals surface area (Å²) in [5.41, 5.74) is 0. The van der Waals surface area contributed by atoms with Gasteiger partial charge in [-0.05, 0) is 19.3 Å². The van der Waals surface area contributed by atoms with Gasteiger partial charge in [0, 0.05) is 6.42 Å². The highest BCUT2D eigenvalue weighted by Crippen LogP contribution is 2.22. The fourth-order valence-corrected chi connectivity index (χ4v) is 1.59. The SMILES string of the molecule is CCCC(C#N)C(C#N)CCCCC#N. The molecule has 0 saturated heterocycles. The first-order valence-corrected chi connectivity index (χ1v) is 5.46. The van der Waals surface area contributed by atoms with Crippen LogP contribution in [0.15, 0.2) is 0 Å². The Hall–Kier alpha value is -1.53. The summed E-state index contributed by atoms with van der Waals surface area (Å²) < 4.78 is 0. The maximum absolute atomic E-state index is 8.94. The van der Waals surface area contributed by atoms with Crippen molar-refractivity contribution in [1.29, 1.82) is 15.8 Å². The third-order valence-electron chi connectivity index (χ3n) is 2.47. The predicted molar refractivity (Wildman–Crippen MR) is 57.2 cm³/mol. The Morgan fingerprint density at radius 3 is 2.00 bits per heavy atom. The van der Waals surface area contributed by atoms with Crippen LogP contribution in [0.1, 0.15) is 45.4 Å². The fraction of sp³-hybridized carbons (Fsp3) is 0.750. The van der Waals surface area contributed by atoms with Crippen LogP contribution in [0.25, 0.3) is 0 Å². The highest BCUT2D eigenvalue weighted by molar-refractivity contribution is 4.97. The molecule has 15 heavy (non-hydrogen) atoms. The molecule has 0 aromatic rings. The van der Waals surface area contributed by atoms with Gasteiger partial charge in [-0.3, -0.25) is 0 Å². The molecule has 80 valence electrons. The molecule has 0 aliphatic carbocycles. The van der Waals surface area contributed by atoms with Gasteiger partial charge in [0.2, 0.25) is 0 Å². The van der Waals surface area contributed by atoms with E-state index in [1.165, 1.54) is 0 Å². The van der Waals surface area contributed by atoms with Crippen LogP contribution in [0, 0.1) is 45.8 Å². The van der Waals surface area contributed by atoms with Crippen LogP contribution in [-0.2, 0) is 0 Å². The maximum Gasteiger partial charge on any atom is 0.0669 e. The minimum absolute atomic E-state index is 0.137. The topological polar surface area (TPSA) is 71.4 Å². The third kappa shape index (κ3) is 5.71. The zero-order valence-electron chi connectivity index (χ0n) is 9.24. The molecular formula is C12H17N3. The van der Waals surface area contributed by atoms with Gasteiger partial charge < -0.3 is 0 Å². The number of hydrogen-bond acceptors (Lipinski definition) is 3. The van der Waals surface area contributed by atoms with Gasteiger partial charge >= 0.3 is 0 Å². The summed E-state index contributed by atoms with van der Waals surface area (Å²) >= 11 is 0. The number of rotatable bonds is 7. The fourth-order valence-electron chi connectivity index (χ4n) is 1.59. The summed E-state index contributed by atoms with van der Waals surface area (Å²) in [4.78, 5) is 0. The Balaban J connectivity index is 3.97. The molecule has 2 unspecified atom stereocenters. The van der Waals surface area contributed by atoms with E-state index in [9.17, 15) is 0 Å². The molecule has 0 fully saturated rings. The van der Waals surface area contributed by atoms with E-state index in [2.05, 4.69) is 18.2 Å². The summed E-state index contributed by atoms with van der Waals surface area (Å²) in [6.07, 6.45) is 4.73. The van der Waals surface area contributed by atoms with Crippen molar-refractivity contribution in [2.24, 2.45) is 11.8 Å². The van der Waals surface area contributed by atoms with Crippen LogP contribution in [0.4, 0.5) is 0 Å². The van der Waals surface area contributed by atoms with Crippen LogP contribution in [0.5, 0.6) is 0 Å². The van der Waals surface area contributed by atoms with Gasteiger partial charge in [-0.2, -0.15) is 15.8 Å². The van der Waals surface area contributed by atoms with Gasteiger partial charge in [-0.15, -0.1) is 0 Å². The smallest absolute Gasteiger partial charge is 0.0669 e. The molecule has 3 nitrogen and oxygen atoms in total. The largest absolute Gasteiger partial charge is 0.198 e. The molecule has 3 heteroatoms. The summed E-state index contributed by atoms with van der Waals surface area (Å²) in [7, 11) is 0. The van der Waals surface area contributed by atoms with Crippen molar-refractivity contribution in [1.82, 2.24) is 0 Å². The molecule has 0 heterocycles. The Kier molecular flexibility index (Phi) is 8.12. The van der Waals surface area contributed by atoms with E-state index < -0.39 is 0 Å². The van der Waals surface area contributed by atoms with Crippen molar-refractivity contribution in [2.75, 3.05) is 0 Å². The van der Waals surface area contributed by atoms with Crippen molar-refractivity contribution in [3.63, 3.8) is 0 Å². The Bertz CT molecular complexity index is 277. The predicted octanol–water partition coefficient (Wildman–Crippen LogP) is 3.15. The van der Waals surface area contributed by atoms with Crippen LogP contribution < -0.4 is 0 Å². The average Bonchev–Trinajstić information content (AvgIpc) is 2.27. The third-order valence-corrected chi connectivity index (χ3v) is 2.47. The quantitative estimate of drug-likeness (QED) is 0.596. The molecule has 0 aliphatic heterocycles. The molecule has 0 rings (SSSR count). The zero-order valence-corrected chi connectivity index (χ0v) is 9.24. The summed E-state index contributed by atoms with van der Waals surface area (Å²) in [5.74, 6) is -0.296. The second-order valence-electron chi connectivity index (χ2n) is 3.66. The molecular weight excluding hydrogens is 186 g/mol. The Labute approximate surface area is 91.9 Å². The first-order valence-electron chi connectivity index (χ1n) is 5.46. The van der Waals surface area contributed by atoms with Gasteiger partial charge in [0.15, 0.2) is 0 Å². The minimum atomic E-state index is -0.159. The van der Waals surface area contributed by atoms with Gasteiger partial charge in [-0.1, -0.05) is 19.8 Å². The molecule has 2 atom stereocenters. The first kappa shape index (κ1) is 13.5. The second kappa shape index (κ2) is 9.04. The normalized spacial score (nSPS) is 13.2. The number of nitrogens with zero attached hydrogens (tertiary/aromatic N) is 3. The molecule has 0 amide bonds. The Morgan fingerprint density at radius 2 is 1.53 bits per heavy atom. The zero-order chi connectivity index (χ0) is 11.5. The standard InChI is InChI=1S/C12H17N3/c1-2-6-11(9-14)12(10-15)7-4-3-5-8-13/h11-12H,2-7H2,1H3. The van der Waals surface area contributed by atoms with E-state index in [1.807, 2.05) is 6.92 Å². The van der Waals surface area contributed by atoms with E-state index in [0.717, 1.165) is 32.1 Å². The van der Waals surface area contributed by atoms with Gasteiger partial charge in [0.05, 0.1) is 30.0 Å². The van der Waals surface area contributed by atoms with Gasteiger partial charge in [0.25, 0.3) is 0 Å². The van der Waals surface area contributed by atoms with Crippen LogP contribution in [0.2, 0.25) is 0 Å². The Morgan fingerprint density at radius 1 is 0.933 bits per heavy atom. The van der Waals surface area contributed by atoms with E-state index in [1.54, 1.807) is 0 Å². The maximum atomic E-state index is 8.94. The van der Waals surface area contributed by atoms with Crippen molar-refractivity contribution >= 4 is 0 Å². The van der Waals surface area contributed by atoms with Gasteiger partial charge in [-0.25, -0.2) is 0 Å². The lowest BCUT2D eigenvalue weighted by Gasteiger charge is -2.13. The van der Waals surface area contributed by atoms with E-state index in [4.69, 9.17) is 15.8 Å². The van der Waals surface area contributed by atoms with Crippen LogP contribution in [-0.4, -0.2) is 0 Å². The van der Waals surface area contributed by atoms with E-state index >= 15 is 0 Å². The van der Waals surface area contributed by atoms with Crippen molar-refractivity contribution < 1.29 is 0 Å². The van der Waals surface area contributed by atoms with Crippen LogP contribution >= 0.6 is 0 Å². The molecule has 0 N–H and O–H groups in total. The number of unbranched alkanes of at least 4 members (excludes halogenated alkanes) is 2. The molecule has 0 aromatic carbocycles. The van der Waals surface area contributed by atoms with Crippen molar-refractivity contribution in [2.45, 2.75) is 45.4 Å². The lowest BCUT2D eigenvalue weighted by Crippen LogP contribution is -2.11. The number of hydrogen-bond donors (Lipinski definition) is 0. The van der Waals surface area contributed by atoms with Gasteiger partial charge in [0.1, 0.15) is 0 Å². The summed E-state index contributed by atoms with van der Waals surface area (Å²) in [5, 5.41) is 26.2. The van der Waals surface area contributed by atoms with Crippen LogP contribution in [0.3, 0.4) is 0 Å². The van der Waals surface area contributed by atoms with E-state index in [0.29, 0.717) is 6.42 Å². The lowest BCUT2D eigenvalue weighted by molar-refractivity contribution is 0.419. The lowest BCUT2D eigenvalue weighted by atomic mass is 9.87. The highest BCUT2D eigenvalue weighted by atomic mass is 14.3. The second-order valence-corrected chi connectivity index (χ2v) is 3.66. The summed E-state index contributed by atoms with van der Waals surface area (Å²) in [6, 6.07) is 6.50. The van der Waals surface area contributed by atoms with Crippen molar-refractivity contribution in [3.8, 4) is 18.2 Å². The van der Waals surface area contributed by atoms with E-state index in [-0.39, 0.29) is 11.8 Å².